The summed E-state index contributed by atoms with van der Waals surface area (Å²) in [5, 5.41) is 5.26. The predicted molar refractivity (Wildman–Crippen MR) is 271 cm³/mol. The second-order valence-corrected chi connectivity index (χ2v) is 21.9. The number of allylic oxidation sites excluding steroid dienone is 1. The minimum atomic E-state index is 0.419. The van der Waals surface area contributed by atoms with Crippen LogP contribution in [0.5, 0.6) is 0 Å². The third-order valence-corrected chi connectivity index (χ3v) is 18.9. The largest absolute Gasteiger partial charge is 0.314 e. The van der Waals surface area contributed by atoms with Crippen molar-refractivity contribution in [3.8, 4) is 0 Å². The minimum Gasteiger partial charge on any atom is -0.314 e. The van der Waals surface area contributed by atoms with E-state index in [1.165, 1.54) is 152 Å². The highest BCUT2D eigenvalue weighted by Crippen LogP contribution is 2.81. The lowest BCUT2D eigenvalue weighted by Crippen LogP contribution is -2.55. The van der Waals surface area contributed by atoms with Crippen molar-refractivity contribution in [3.63, 3.8) is 0 Å². The van der Waals surface area contributed by atoms with E-state index in [1.54, 1.807) is 5.56 Å². The number of hydrogen-bond donors (Lipinski definition) is 0. The van der Waals surface area contributed by atoms with E-state index in [0.29, 0.717) is 16.7 Å². The van der Waals surface area contributed by atoms with Crippen molar-refractivity contribution in [2.24, 2.45) is 23.2 Å². The fraction of sp³-hybridized carbons (Fsp3) is 0.311. The number of rotatable bonds is 8. The predicted octanol–water partition coefficient (Wildman–Crippen LogP) is 17.3. The van der Waals surface area contributed by atoms with Gasteiger partial charge in [-0.05, 0) is 199 Å². The summed E-state index contributed by atoms with van der Waals surface area (Å²) >= 11 is 1.89. The van der Waals surface area contributed by atoms with Gasteiger partial charge in [-0.2, -0.15) is 0 Å². The molecule has 0 radical (unpaired) electrons. The van der Waals surface area contributed by atoms with Crippen LogP contribution in [-0.2, 0) is 11.8 Å². The van der Waals surface area contributed by atoms with Crippen molar-refractivity contribution < 1.29 is 0 Å². The first-order valence-corrected chi connectivity index (χ1v) is 25.4. The summed E-state index contributed by atoms with van der Waals surface area (Å²) in [7, 11) is 0. The molecule has 1 heterocycles. The molecule has 64 heavy (non-hydrogen) atoms. The van der Waals surface area contributed by atoms with Crippen LogP contribution in [0.2, 0.25) is 0 Å². The SMILES string of the molecule is C1=C(N(c2ccc(C3CCCCC3)cc2)c2ccc(C34CC5CC6CC(C3)C4(C6)C5)cc2)CCc2c(N(c3ccccc3)c3ccc4sc5ccccc5c4c3)cc3ccccc3c21. The maximum absolute atomic E-state index is 2.63. The van der Waals surface area contributed by atoms with Crippen LogP contribution in [0.4, 0.5) is 28.4 Å². The van der Waals surface area contributed by atoms with E-state index in [2.05, 4.69) is 168 Å². The average Bonchev–Trinajstić information content (AvgIpc) is 3.89. The smallest absolute Gasteiger partial charge is 0.0506 e. The fourth-order valence-corrected chi connectivity index (χ4v) is 16.3. The van der Waals surface area contributed by atoms with Crippen molar-refractivity contribution >= 4 is 76.8 Å². The lowest BCUT2D eigenvalue weighted by Gasteiger charge is -2.59. The van der Waals surface area contributed by atoms with Gasteiger partial charge in [0.05, 0.1) is 5.69 Å². The number of nitrogens with zero attached hydrogens (tertiary/aromatic N) is 2. The van der Waals surface area contributed by atoms with E-state index in [4.69, 9.17) is 0 Å². The molecular formula is C61H56N2S. The molecule has 1 aromatic heterocycles. The van der Waals surface area contributed by atoms with Crippen LogP contribution in [0.15, 0.2) is 157 Å². The van der Waals surface area contributed by atoms with Gasteiger partial charge in [-0.25, -0.2) is 0 Å². The van der Waals surface area contributed by atoms with Gasteiger partial charge in [-0.1, -0.05) is 104 Å². The van der Waals surface area contributed by atoms with Crippen molar-refractivity contribution in [1.29, 1.82) is 0 Å². The Hall–Kier alpha value is -5.64. The Kier molecular flexibility index (Phi) is 8.50. The van der Waals surface area contributed by atoms with Crippen LogP contribution >= 0.6 is 11.3 Å². The number of para-hydroxylation sites is 1. The Morgan fingerprint density at radius 3 is 2.06 bits per heavy atom. The highest BCUT2D eigenvalue weighted by molar-refractivity contribution is 7.25. The first kappa shape index (κ1) is 37.7. The third kappa shape index (κ3) is 5.62. The summed E-state index contributed by atoms with van der Waals surface area (Å²) in [5.41, 5.74) is 14.6. The molecule has 5 atom stereocenters. The topological polar surface area (TPSA) is 6.48 Å². The van der Waals surface area contributed by atoms with Crippen LogP contribution in [0.25, 0.3) is 37.0 Å². The summed E-state index contributed by atoms with van der Waals surface area (Å²) in [5.74, 6) is 3.63. The zero-order valence-electron chi connectivity index (χ0n) is 36.8. The Morgan fingerprint density at radius 2 is 1.22 bits per heavy atom. The molecule has 1 spiro atoms. The number of fused-ring (bicyclic) bond motifs is 8. The molecule has 6 aliphatic rings. The van der Waals surface area contributed by atoms with Gasteiger partial charge in [-0.15, -0.1) is 11.3 Å². The van der Waals surface area contributed by atoms with E-state index in [-0.39, 0.29) is 0 Å². The summed E-state index contributed by atoms with van der Waals surface area (Å²) in [4.78, 5) is 5.16. The molecular weight excluding hydrogens is 793 g/mol. The van der Waals surface area contributed by atoms with Gasteiger partial charge in [0.15, 0.2) is 0 Å². The number of hydrogen-bond acceptors (Lipinski definition) is 3. The molecule has 5 unspecified atom stereocenters. The molecule has 0 saturated heterocycles. The number of thiophene rings is 1. The second kappa shape index (κ2) is 14.4. The van der Waals surface area contributed by atoms with Gasteiger partial charge in [0.25, 0.3) is 0 Å². The molecule has 14 rings (SSSR count). The monoisotopic (exact) mass is 848 g/mol. The van der Waals surface area contributed by atoms with Gasteiger partial charge < -0.3 is 9.80 Å². The van der Waals surface area contributed by atoms with Gasteiger partial charge in [-0.3, -0.25) is 0 Å². The zero-order chi connectivity index (χ0) is 42.0. The van der Waals surface area contributed by atoms with Crippen molar-refractivity contribution in [1.82, 2.24) is 0 Å². The molecule has 3 heteroatoms. The molecule has 7 aromatic carbocycles. The minimum absolute atomic E-state index is 0.419. The van der Waals surface area contributed by atoms with E-state index < -0.39 is 0 Å². The average molecular weight is 849 g/mol. The lowest BCUT2D eigenvalue weighted by atomic mass is 9.44. The molecule has 3 bridgehead atoms. The number of anilines is 5. The van der Waals surface area contributed by atoms with Crippen LogP contribution in [-0.4, -0.2) is 0 Å². The highest BCUT2D eigenvalue weighted by atomic mass is 32.1. The molecule has 0 amide bonds. The maximum Gasteiger partial charge on any atom is 0.0506 e. The van der Waals surface area contributed by atoms with Crippen LogP contribution in [0.1, 0.15) is 105 Å². The standard InChI is InChI=1S/C61H56N2S/c1-3-11-42(12-4-1)43-19-23-48(24-20-43)62(49-25-21-45(22-26-49)61-38-41-31-40-32-46(39-61)60(61,36-40)37-41)50-27-29-53-55(34-50)52-16-8-7-13-44(52)33-57(53)63(47-14-5-2-6-15-47)51-28-30-59-56(35-51)54-17-9-10-18-58(54)64-59/h2,5-10,13-26,28,30,33-35,40-42,46H,1,3-4,11-12,27,29,31-32,36-39H2. The van der Waals surface area contributed by atoms with Crippen molar-refractivity contribution in [2.45, 2.75) is 94.8 Å². The summed E-state index contributed by atoms with van der Waals surface area (Å²) in [6, 6.07) is 58.6. The Balaban J connectivity index is 0.911. The molecule has 2 nitrogen and oxygen atoms in total. The molecule has 8 aromatic rings. The molecule has 0 N–H and O–H groups in total. The van der Waals surface area contributed by atoms with Crippen molar-refractivity contribution in [3.05, 3.63) is 180 Å². The Morgan fingerprint density at radius 1 is 0.516 bits per heavy atom. The summed E-state index contributed by atoms with van der Waals surface area (Å²) in [6.07, 6.45) is 20.1. The second-order valence-electron chi connectivity index (χ2n) is 20.9. The fourth-order valence-electron chi connectivity index (χ4n) is 15.2. The quantitative estimate of drug-likeness (QED) is 0.150. The molecule has 0 aliphatic heterocycles. The van der Waals surface area contributed by atoms with Gasteiger partial charge in [0, 0.05) is 54.0 Å². The van der Waals surface area contributed by atoms with Crippen LogP contribution in [0.3, 0.4) is 0 Å². The van der Waals surface area contributed by atoms with E-state index in [1.807, 2.05) is 11.3 Å². The van der Waals surface area contributed by atoms with E-state index >= 15 is 0 Å². The first-order chi connectivity index (χ1) is 31.6. The lowest BCUT2D eigenvalue weighted by molar-refractivity contribution is -0.0355. The maximum atomic E-state index is 2.63. The number of benzene rings is 7. The Labute approximate surface area is 382 Å². The van der Waals surface area contributed by atoms with Gasteiger partial charge in [0.2, 0.25) is 0 Å². The van der Waals surface area contributed by atoms with E-state index in [9.17, 15) is 0 Å². The molecule has 5 saturated carbocycles. The summed E-state index contributed by atoms with van der Waals surface area (Å²) in [6.45, 7) is 0. The third-order valence-electron chi connectivity index (χ3n) is 17.7. The highest BCUT2D eigenvalue weighted by Gasteiger charge is 2.74. The van der Waals surface area contributed by atoms with E-state index in [0.717, 1.165) is 30.6 Å². The molecule has 5 fully saturated rings. The zero-order valence-corrected chi connectivity index (χ0v) is 37.6. The summed E-state index contributed by atoms with van der Waals surface area (Å²) < 4.78 is 2.67. The first-order valence-electron chi connectivity index (χ1n) is 24.6. The molecule has 316 valence electrons. The molecule has 6 aliphatic carbocycles. The Bertz CT molecular complexity index is 3130. The van der Waals surface area contributed by atoms with Crippen molar-refractivity contribution in [2.75, 3.05) is 9.80 Å². The van der Waals surface area contributed by atoms with Crippen LogP contribution in [0, 0.1) is 23.2 Å². The van der Waals surface area contributed by atoms with Gasteiger partial charge >= 0.3 is 0 Å². The normalized spacial score (nSPS) is 25.6. The van der Waals surface area contributed by atoms with Crippen LogP contribution < -0.4 is 9.80 Å². The van der Waals surface area contributed by atoms with Gasteiger partial charge in [0.1, 0.15) is 0 Å².